The van der Waals surface area contributed by atoms with E-state index in [9.17, 15) is 14.7 Å². The molecule has 4 rings (SSSR count). The zero-order valence-electron chi connectivity index (χ0n) is 20.7. The topological polar surface area (TPSA) is 78.9 Å². The van der Waals surface area contributed by atoms with Crippen LogP contribution in [0.4, 0.5) is 11.4 Å². The van der Waals surface area contributed by atoms with Crippen LogP contribution >= 0.6 is 46.6 Å². The van der Waals surface area contributed by atoms with E-state index in [-0.39, 0.29) is 0 Å². The van der Waals surface area contributed by atoms with Gasteiger partial charge in [-0.1, -0.05) is 71.3 Å². The second-order valence-corrected chi connectivity index (χ2v) is 10.7. The predicted octanol–water partition coefficient (Wildman–Crippen LogP) is 8.34. The number of allylic oxidation sites excluding steroid dienone is 1. The summed E-state index contributed by atoms with van der Waals surface area (Å²) in [6, 6.07) is 18.3. The summed E-state index contributed by atoms with van der Waals surface area (Å²) in [4.78, 5) is 28.3. The molecule has 0 bridgehead atoms. The Morgan fingerprint density at radius 3 is 2.51 bits per heavy atom. The van der Waals surface area contributed by atoms with Gasteiger partial charge in [0.2, 0.25) is 5.91 Å². The first-order valence-electron chi connectivity index (χ1n) is 11.7. The van der Waals surface area contributed by atoms with E-state index in [1.165, 1.54) is 28.8 Å². The Balaban J connectivity index is 1.66. The summed E-state index contributed by atoms with van der Waals surface area (Å²) < 4.78 is 5.21. The first-order chi connectivity index (χ1) is 18.7. The number of amides is 2. The zero-order valence-corrected chi connectivity index (χ0v) is 23.7. The van der Waals surface area contributed by atoms with Crippen molar-refractivity contribution < 1.29 is 19.4 Å². The number of hydrogen-bond acceptors (Lipinski definition) is 5. The molecule has 0 aliphatic carbocycles. The molecule has 10 heteroatoms. The molecule has 2 N–H and O–H groups in total. The molecule has 200 valence electrons. The summed E-state index contributed by atoms with van der Waals surface area (Å²) >= 11 is 19.9. The molecule has 1 aliphatic heterocycles. The van der Waals surface area contributed by atoms with E-state index in [2.05, 4.69) is 11.9 Å². The number of hydrogen-bond donors (Lipinski definition) is 2. The predicted molar refractivity (Wildman–Crippen MR) is 159 cm³/mol. The van der Waals surface area contributed by atoms with Gasteiger partial charge in [-0.05, 0) is 67.1 Å². The maximum absolute atomic E-state index is 13.3. The maximum atomic E-state index is 13.3. The maximum Gasteiger partial charge on any atom is 0.294 e. The molecule has 0 saturated carbocycles. The molecular weight excluding hydrogens is 579 g/mol. The Morgan fingerprint density at radius 1 is 1.08 bits per heavy atom. The Labute approximate surface area is 245 Å². The number of aliphatic hydroxyl groups is 1. The second-order valence-electron chi connectivity index (χ2n) is 8.29. The number of carbonyl (C=O) groups is 2. The number of aliphatic hydroxyl groups excluding tert-OH is 1. The van der Waals surface area contributed by atoms with E-state index >= 15 is 0 Å². The number of ether oxygens (including phenoxy) is 1. The number of anilines is 2. The van der Waals surface area contributed by atoms with Gasteiger partial charge in [-0.3, -0.25) is 14.5 Å². The van der Waals surface area contributed by atoms with Gasteiger partial charge in [0.1, 0.15) is 5.76 Å². The van der Waals surface area contributed by atoms with Gasteiger partial charge < -0.3 is 15.2 Å². The minimum Gasteiger partial charge on any atom is -0.502 e. The van der Waals surface area contributed by atoms with Gasteiger partial charge in [-0.2, -0.15) is 0 Å². The van der Waals surface area contributed by atoms with E-state index in [4.69, 9.17) is 39.5 Å². The molecule has 39 heavy (non-hydrogen) atoms. The van der Waals surface area contributed by atoms with Gasteiger partial charge in [-0.15, -0.1) is 0 Å². The zero-order chi connectivity index (χ0) is 28.1. The summed E-state index contributed by atoms with van der Waals surface area (Å²) in [5, 5.41) is 15.1. The molecule has 2 amide bonds. The van der Waals surface area contributed by atoms with Crippen molar-refractivity contribution in [1.29, 1.82) is 0 Å². The van der Waals surface area contributed by atoms with E-state index in [1.807, 2.05) is 6.92 Å². The van der Waals surface area contributed by atoms with Crippen LogP contribution in [0.25, 0.3) is 0 Å². The minimum atomic E-state index is -0.653. The third kappa shape index (κ3) is 6.81. The lowest BCUT2D eigenvalue weighted by molar-refractivity contribution is -0.117. The third-order valence-corrected chi connectivity index (χ3v) is 7.55. The molecule has 0 radical (unpaired) electrons. The Hall–Kier alpha value is -3.36. The van der Waals surface area contributed by atoms with Crippen molar-refractivity contribution in [1.82, 2.24) is 0 Å². The highest BCUT2D eigenvalue weighted by molar-refractivity contribution is 8.03. The van der Waals surface area contributed by atoms with Crippen LogP contribution in [0.2, 0.25) is 15.1 Å². The third-order valence-electron chi connectivity index (χ3n) is 5.61. The first-order valence-corrected chi connectivity index (χ1v) is 13.7. The second kappa shape index (κ2) is 12.7. The van der Waals surface area contributed by atoms with Crippen molar-refractivity contribution in [2.75, 3.05) is 16.8 Å². The van der Waals surface area contributed by atoms with Gasteiger partial charge in [0.25, 0.3) is 5.91 Å². The Morgan fingerprint density at radius 2 is 1.82 bits per heavy atom. The van der Waals surface area contributed by atoms with Gasteiger partial charge >= 0.3 is 0 Å². The van der Waals surface area contributed by atoms with Crippen LogP contribution in [0, 0.1) is 0 Å². The molecule has 0 saturated heterocycles. The summed E-state index contributed by atoms with van der Waals surface area (Å²) in [6.07, 6.45) is 2.75. The lowest BCUT2D eigenvalue weighted by Crippen LogP contribution is -2.30. The molecule has 3 aromatic carbocycles. The van der Waals surface area contributed by atoms with Crippen molar-refractivity contribution in [3.05, 3.63) is 123 Å². The van der Waals surface area contributed by atoms with Gasteiger partial charge in [0, 0.05) is 26.7 Å². The number of thioether (sulfide) groups is 1. The van der Waals surface area contributed by atoms with Gasteiger partial charge in [-0.25, -0.2) is 0 Å². The van der Waals surface area contributed by atoms with Crippen molar-refractivity contribution in [2.45, 2.75) is 17.9 Å². The first kappa shape index (κ1) is 28.6. The normalized spacial score (nSPS) is 15.2. The van der Waals surface area contributed by atoms with E-state index in [0.29, 0.717) is 48.6 Å². The molecule has 0 fully saturated rings. The van der Waals surface area contributed by atoms with Gasteiger partial charge in [0.15, 0.2) is 5.76 Å². The molecule has 0 aromatic heterocycles. The summed E-state index contributed by atoms with van der Waals surface area (Å²) in [5.41, 5.74) is 1.62. The fourth-order valence-corrected chi connectivity index (χ4v) is 5.47. The lowest BCUT2D eigenvalue weighted by atomic mass is 10.1. The van der Waals surface area contributed by atoms with Crippen LogP contribution in [-0.2, 0) is 14.3 Å². The molecule has 1 atom stereocenters. The van der Waals surface area contributed by atoms with Crippen LogP contribution < -0.4 is 10.2 Å². The van der Waals surface area contributed by atoms with E-state index in [1.54, 1.807) is 66.7 Å². The monoisotopic (exact) mass is 600 g/mol. The Kier molecular flexibility index (Phi) is 9.30. The fourth-order valence-electron chi connectivity index (χ4n) is 3.89. The van der Waals surface area contributed by atoms with Crippen molar-refractivity contribution in [2.24, 2.45) is 0 Å². The van der Waals surface area contributed by atoms with Crippen LogP contribution in [-0.4, -0.2) is 23.5 Å². The van der Waals surface area contributed by atoms with Crippen LogP contribution in [0.1, 0.15) is 18.5 Å². The number of carbonyl (C=O) groups excluding carboxylic acids is 2. The number of rotatable bonds is 9. The van der Waals surface area contributed by atoms with E-state index in [0.717, 1.165) is 5.56 Å². The minimum absolute atomic E-state index is 0.320. The van der Waals surface area contributed by atoms with Crippen LogP contribution in [0.3, 0.4) is 0 Å². The number of nitrogens with zero attached hydrogens (tertiary/aromatic N) is 1. The molecule has 3 aromatic rings. The van der Waals surface area contributed by atoms with Crippen LogP contribution in [0.15, 0.2) is 107 Å². The van der Waals surface area contributed by atoms with Crippen molar-refractivity contribution in [3.63, 3.8) is 0 Å². The summed E-state index contributed by atoms with van der Waals surface area (Å²) in [6.45, 7) is 5.96. The average molecular weight is 602 g/mol. The molecule has 1 aliphatic rings. The molecule has 1 heterocycles. The quantitative estimate of drug-likeness (QED) is 0.146. The molecular formula is C29H23Cl3N2O4S. The van der Waals surface area contributed by atoms with Crippen LogP contribution in [0.5, 0.6) is 0 Å². The largest absolute Gasteiger partial charge is 0.502 e. The van der Waals surface area contributed by atoms with Crippen molar-refractivity contribution >= 4 is 69.8 Å². The van der Waals surface area contributed by atoms with Gasteiger partial charge in [0.05, 0.1) is 28.3 Å². The number of benzene rings is 3. The van der Waals surface area contributed by atoms with Crippen molar-refractivity contribution in [3.8, 4) is 0 Å². The summed E-state index contributed by atoms with van der Waals surface area (Å²) in [5.74, 6) is -1.03. The molecule has 1 unspecified atom stereocenters. The molecule has 6 nitrogen and oxygen atoms in total. The SMILES string of the molecule is C=C(/C=C/C(=O)Nc1cc(SC2=C(O)C(=O)N(c3cccc(Cl)c3)C2c2ccc(Cl)cc2)ccc1Cl)OCC. The van der Waals surface area contributed by atoms with E-state index < -0.39 is 23.6 Å². The highest BCUT2D eigenvalue weighted by atomic mass is 35.5. The summed E-state index contributed by atoms with van der Waals surface area (Å²) in [7, 11) is 0. The fraction of sp³-hybridized carbons (Fsp3) is 0.103. The molecule has 0 spiro atoms. The Bertz CT molecular complexity index is 1490. The lowest BCUT2D eigenvalue weighted by Gasteiger charge is -2.27. The number of nitrogens with one attached hydrogen (secondary N) is 1. The number of halogens is 3. The average Bonchev–Trinajstić information content (AvgIpc) is 3.15. The highest BCUT2D eigenvalue weighted by Gasteiger charge is 2.42. The smallest absolute Gasteiger partial charge is 0.294 e. The standard InChI is InChI=1S/C29H23Cl3N2O4S/c1-3-38-17(2)7-14-25(35)33-24-16-22(12-13-23(24)32)39-28-26(18-8-10-19(30)11-9-18)34(29(37)27(28)36)21-6-4-5-20(31)15-21/h4-16,26,36H,2-3H2,1H3,(H,33,35)/b14-7+. The highest BCUT2D eigenvalue weighted by Crippen LogP contribution is 2.48.